The zero-order valence-electron chi connectivity index (χ0n) is 10.6. The first-order chi connectivity index (χ1) is 9.08. The molecule has 7 nitrogen and oxygen atoms in total. The molecule has 0 aliphatic heterocycles. The average Bonchev–Trinajstić information content (AvgIpc) is 2.55. The molecule has 19 heavy (non-hydrogen) atoms. The normalized spacial score (nSPS) is 23.6. The fourth-order valence-electron chi connectivity index (χ4n) is 2.34. The Kier molecular flexibility index (Phi) is 4.16. The van der Waals surface area contributed by atoms with Crippen LogP contribution in [0.5, 0.6) is 0 Å². The largest absolute Gasteiger partial charge is 0.348 e. The predicted molar refractivity (Wildman–Crippen MR) is 70.0 cm³/mol. The molecule has 1 saturated carbocycles. The van der Waals surface area contributed by atoms with Crippen molar-refractivity contribution in [3.63, 3.8) is 0 Å². The number of carbonyl (C=O) groups excluding carboxylic acids is 1. The van der Waals surface area contributed by atoms with Gasteiger partial charge in [0.15, 0.2) is 0 Å². The van der Waals surface area contributed by atoms with Gasteiger partial charge in [0.25, 0.3) is 11.5 Å². The monoisotopic (exact) mass is 266 g/mol. The fraction of sp³-hybridized carbons (Fsp3) is 0.583. The highest BCUT2D eigenvalue weighted by Gasteiger charge is 2.23. The van der Waals surface area contributed by atoms with E-state index in [4.69, 9.17) is 5.73 Å². The molecule has 7 heteroatoms. The lowest BCUT2D eigenvalue weighted by Gasteiger charge is -2.22. The molecule has 1 aromatic heterocycles. The highest BCUT2D eigenvalue weighted by Crippen LogP contribution is 2.16. The zero-order valence-corrected chi connectivity index (χ0v) is 10.6. The first-order valence-corrected chi connectivity index (χ1v) is 6.46. The van der Waals surface area contributed by atoms with E-state index < -0.39 is 17.2 Å². The minimum atomic E-state index is -0.691. The topological polar surface area (TPSA) is 121 Å². The quantitative estimate of drug-likeness (QED) is 0.537. The molecular weight excluding hydrogens is 248 g/mol. The number of aromatic amines is 2. The van der Waals surface area contributed by atoms with Crippen LogP contribution in [0.4, 0.5) is 0 Å². The molecule has 1 aliphatic rings. The van der Waals surface area contributed by atoms with Crippen molar-refractivity contribution in [1.82, 2.24) is 15.3 Å². The molecule has 1 amide bonds. The van der Waals surface area contributed by atoms with E-state index in [0.717, 1.165) is 38.3 Å². The van der Waals surface area contributed by atoms with Crippen LogP contribution in [0.25, 0.3) is 0 Å². The molecule has 2 rings (SSSR count). The molecule has 2 atom stereocenters. The van der Waals surface area contributed by atoms with Gasteiger partial charge in [-0.2, -0.15) is 0 Å². The SMILES string of the molecule is NC1CCCCCC1NC(=O)c1c[nH]c(=O)[nH]c1=O. The second-order valence-corrected chi connectivity index (χ2v) is 4.87. The summed E-state index contributed by atoms with van der Waals surface area (Å²) in [5.41, 5.74) is 4.59. The van der Waals surface area contributed by atoms with Crippen LogP contribution in [0.2, 0.25) is 0 Å². The van der Waals surface area contributed by atoms with Crippen molar-refractivity contribution in [1.29, 1.82) is 0 Å². The number of amides is 1. The van der Waals surface area contributed by atoms with Crippen molar-refractivity contribution in [2.75, 3.05) is 0 Å². The maximum Gasteiger partial charge on any atom is 0.325 e. The van der Waals surface area contributed by atoms with E-state index in [9.17, 15) is 14.4 Å². The van der Waals surface area contributed by atoms with Gasteiger partial charge >= 0.3 is 5.69 Å². The number of rotatable bonds is 2. The molecule has 1 aliphatic carbocycles. The fourth-order valence-corrected chi connectivity index (χ4v) is 2.34. The summed E-state index contributed by atoms with van der Waals surface area (Å²) in [6.45, 7) is 0. The molecule has 104 valence electrons. The Labute approximate surface area is 109 Å². The van der Waals surface area contributed by atoms with Gasteiger partial charge < -0.3 is 16.0 Å². The summed E-state index contributed by atoms with van der Waals surface area (Å²) < 4.78 is 0. The van der Waals surface area contributed by atoms with Crippen molar-refractivity contribution < 1.29 is 4.79 Å². The van der Waals surface area contributed by atoms with Crippen molar-refractivity contribution in [2.45, 2.75) is 44.2 Å². The summed E-state index contributed by atoms with van der Waals surface area (Å²) in [5.74, 6) is -0.500. The van der Waals surface area contributed by atoms with Gasteiger partial charge in [-0.25, -0.2) is 4.79 Å². The van der Waals surface area contributed by atoms with Gasteiger partial charge in [0.2, 0.25) is 0 Å². The molecule has 2 unspecified atom stereocenters. The molecular formula is C12H18N4O3. The Morgan fingerprint density at radius 2 is 2.00 bits per heavy atom. The Morgan fingerprint density at radius 3 is 2.74 bits per heavy atom. The Hall–Kier alpha value is -1.89. The van der Waals surface area contributed by atoms with E-state index in [0.29, 0.717) is 0 Å². The molecule has 0 saturated heterocycles. The minimum absolute atomic E-state index is 0.0895. The third-order valence-electron chi connectivity index (χ3n) is 3.45. The molecule has 1 fully saturated rings. The lowest BCUT2D eigenvalue weighted by Crippen LogP contribution is -2.48. The molecule has 5 N–H and O–H groups in total. The molecule has 1 heterocycles. The smallest absolute Gasteiger partial charge is 0.325 e. The van der Waals surface area contributed by atoms with Gasteiger partial charge in [0.1, 0.15) is 5.56 Å². The summed E-state index contributed by atoms with van der Waals surface area (Å²) in [7, 11) is 0. The van der Waals surface area contributed by atoms with Crippen molar-refractivity contribution >= 4 is 5.91 Å². The average molecular weight is 266 g/mol. The molecule has 0 aromatic carbocycles. The highest BCUT2D eigenvalue weighted by molar-refractivity contribution is 5.93. The molecule has 0 radical (unpaired) electrons. The lowest BCUT2D eigenvalue weighted by molar-refractivity contribution is 0.0927. The number of nitrogens with one attached hydrogen (secondary N) is 3. The van der Waals surface area contributed by atoms with Crippen LogP contribution in [-0.4, -0.2) is 28.0 Å². The van der Waals surface area contributed by atoms with Gasteiger partial charge in [-0.1, -0.05) is 19.3 Å². The first-order valence-electron chi connectivity index (χ1n) is 6.46. The number of nitrogens with two attached hydrogens (primary N) is 1. The summed E-state index contributed by atoms with van der Waals surface area (Å²) >= 11 is 0. The summed E-state index contributed by atoms with van der Waals surface area (Å²) in [6.07, 6.45) is 5.99. The van der Waals surface area contributed by atoms with Crippen LogP contribution in [-0.2, 0) is 0 Å². The number of carbonyl (C=O) groups is 1. The number of aromatic nitrogens is 2. The second-order valence-electron chi connectivity index (χ2n) is 4.87. The van der Waals surface area contributed by atoms with Crippen LogP contribution >= 0.6 is 0 Å². The number of hydrogen-bond acceptors (Lipinski definition) is 4. The molecule has 1 aromatic rings. The van der Waals surface area contributed by atoms with Crippen LogP contribution in [0.3, 0.4) is 0 Å². The van der Waals surface area contributed by atoms with Gasteiger partial charge in [-0.3, -0.25) is 14.6 Å². The summed E-state index contributed by atoms with van der Waals surface area (Å²) in [4.78, 5) is 38.7. The van der Waals surface area contributed by atoms with Crippen LogP contribution < -0.4 is 22.3 Å². The van der Waals surface area contributed by atoms with Crippen molar-refractivity contribution in [3.8, 4) is 0 Å². The van der Waals surface area contributed by atoms with E-state index in [-0.39, 0.29) is 17.6 Å². The third-order valence-corrected chi connectivity index (χ3v) is 3.45. The maximum atomic E-state index is 12.0. The predicted octanol–water partition coefficient (Wildman–Crippen LogP) is -0.547. The van der Waals surface area contributed by atoms with Crippen LogP contribution in [0.1, 0.15) is 42.5 Å². The van der Waals surface area contributed by atoms with E-state index in [1.54, 1.807) is 0 Å². The third kappa shape index (κ3) is 3.31. The second kappa shape index (κ2) is 5.83. The van der Waals surface area contributed by atoms with Crippen molar-refractivity contribution in [2.24, 2.45) is 5.73 Å². The van der Waals surface area contributed by atoms with Gasteiger partial charge in [-0.05, 0) is 12.8 Å². The Balaban J connectivity index is 2.11. The Morgan fingerprint density at radius 1 is 1.26 bits per heavy atom. The number of H-pyrrole nitrogens is 2. The van der Waals surface area contributed by atoms with E-state index in [2.05, 4.69) is 10.3 Å². The highest BCUT2D eigenvalue weighted by atomic mass is 16.2. The van der Waals surface area contributed by atoms with Gasteiger partial charge in [0, 0.05) is 18.3 Å². The molecule has 0 bridgehead atoms. The van der Waals surface area contributed by atoms with Gasteiger partial charge in [0.05, 0.1) is 0 Å². The van der Waals surface area contributed by atoms with Crippen LogP contribution in [0.15, 0.2) is 15.8 Å². The lowest BCUT2D eigenvalue weighted by atomic mass is 10.0. The minimum Gasteiger partial charge on any atom is -0.348 e. The Bertz CT molecular complexity index is 563. The maximum absolute atomic E-state index is 12.0. The summed E-state index contributed by atoms with van der Waals surface area (Å²) in [5, 5.41) is 2.78. The van der Waals surface area contributed by atoms with Crippen molar-refractivity contribution in [3.05, 3.63) is 32.6 Å². The summed E-state index contributed by atoms with van der Waals surface area (Å²) in [6, 6.07) is -0.213. The first kappa shape index (κ1) is 13.5. The standard InChI is InChI=1S/C12H18N4O3/c13-8-4-2-1-3-5-9(8)15-10(17)7-6-14-12(19)16-11(7)18/h6,8-9H,1-5,13H2,(H,15,17)(H2,14,16,18,19). The van der Waals surface area contributed by atoms with E-state index in [1.165, 1.54) is 0 Å². The molecule has 0 spiro atoms. The number of hydrogen-bond donors (Lipinski definition) is 4. The van der Waals surface area contributed by atoms with Crippen LogP contribution in [0, 0.1) is 0 Å². The van der Waals surface area contributed by atoms with E-state index in [1.807, 2.05) is 4.98 Å². The van der Waals surface area contributed by atoms with E-state index >= 15 is 0 Å². The van der Waals surface area contributed by atoms with Gasteiger partial charge in [-0.15, -0.1) is 0 Å². The zero-order chi connectivity index (χ0) is 13.8.